The summed E-state index contributed by atoms with van der Waals surface area (Å²) in [6, 6.07) is 38.0. The SMILES string of the molecule is O=[N+]([O-])c1ccccc1CP(Br)(c1ccccc1)(c1ccccc1)c1ccccc1. The van der Waals surface area contributed by atoms with E-state index < -0.39 is 5.31 Å². The topological polar surface area (TPSA) is 43.1 Å². The Balaban J connectivity index is 2.11. The molecule has 0 saturated heterocycles. The summed E-state index contributed by atoms with van der Waals surface area (Å²) in [6.07, 6.45) is 0.501. The van der Waals surface area contributed by atoms with Crippen LogP contribution in [0.25, 0.3) is 0 Å². The van der Waals surface area contributed by atoms with Gasteiger partial charge in [-0.25, -0.2) is 0 Å². The third-order valence-corrected chi connectivity index (χ3v) is 15.0. The summed E-state index contributed by atoms with van der Waals surface area (Å²) in [6.45, 7) is 0. The van der Waals surface area contributed by atoms with E-state index in [4.69, 9.17) is 0 Å². The van der Waals surface area contributed by atoms with E-state index in [0.29, 0.717) is 11.7 Å². The maximum atomic E-state index is 11.8. The summed E-state index contributed by atoms with van der Waals surface area (Å²) in [5.41, 5.74) is 0.863. The molecule has 0 radical (unpaired) electrons. The summed E-state index contributed by atoms with van der Waals surface area (Å²) in [4.78, 5) is 11.5. The summed E-state index contributed by atoms with van der Waals surface area (Å²) < 4.78 is 0. The summed E-state index contributed by atoms with van der Waals surface area (Å²) in [7, 11) is 0. The Labute approximate surface area is 184 Å². The molecule has 4 rings (SSSR count). The number of benzene rings is 4. The number of hydrogen-bond acceptors (Lipinski definition) is 2. The molecule has 0 fully saturated rings. The van der Waals surface area contributed by atoms with Gasteiger partial charge in [0.05, 0.1) is 0 Å². The number of nitro groups is 1. The fourth-order valence-corrected chi connectivity index (χ4v) is 11.7. The van der Waals surface area contributed by atoms with E-state index in [1.807, 2.05) is 66.7 Å². The van der Waals surface area contributed by atoms with E-state index in [0.717, 1.165) is 15.9 Å². The molecular weight excluding hydrogens is 457 g/mol. The molecule has 4 aromatic rings. The number of rotatable bonds is 6. The van der Waals surface area contributed by atoms with Gasteiger partial charge in [-0.1, -0.05) is 0 Å². The fourth-order valence-electron chi connectivity index (χ4n) is 4.08. The second kappa shape index (κ2) is 8.14. The molecule has 30 heavy (non-hydrogen) atoms. The van der Waals surface area contributed by atoms with Gasteiger partial charge in [0.1, 0.15) is 0 Å². The average Bonchev–Trinajstić information content (AvgIpc) is 2.81. The maximum absolute atomic E-state index is 11.8. The first-order valence-electron chi connectivity index (χ1n) is 9.66. The molecule has 0 spiro atoms. The molecule has 0 aliphatic carbocycles. The van der Waals surface area contributed by atoms with Crippen LogP contribution in [-0.2, 0) is 6.16 Å². The van der Waals surface area contributed by atoms with Crippen LogP contribution in [-0.4, -0.2) is 4.92 Å². The Kier molecular flexibility index (Phi) is 5.55. The van der Waals surface area contributed by atoms with E-state index in [1.165, 1.54) is 0 Å². The van der Waals surface area contributed by atoms with Gasteiger partial charge in [0, 0.05) is 0 Å². The molecule has 0 atom stereocenters. The zero-order valence-electron chi connectivity index (χ0n) is 16.3. The molecule has 0 aliphatic heterocycles. The molecule has 5 heteroatoms. The van der Waals surface area contributed by atoms with Gasteiger partial charge in [0.15, 0.2) is 0 Å². The molecule has 0 aliphatic rings. The monoisotopic (exact) mass is 477 g/mol. The first kappa shape index (κ1) is 20.5. The molecule has 150 valence electrons. The molecule has 0 bridgehead atoms. The predicted octanol–water partition coefficient (Wildman–Crippen LogP) is 5.93. The van der Waals surface area contributed by atoms with Crippen LogP contribution in [0.5, 0.6) is 0 Å². The van der Waals surface area contributed by atoms with Crippen LogP contribution >= 0.6 is 20.8 Å². The van der Waals surface area contributed by atoms with Crippen molar-refractivity contribution >= 4 is 42.4 Å². The molecule has 0 amide bonds. The van der Waals surface area contributed by atoms with Gasteiger partial charge in [0.25, 0.3) is 0 Å². The van der Waals surface area contributed by atoms with E-state index in [9.17, 15) is 10.1 Å². The first-order chi connectivity index (χ1) is 14.5. The minimum atomic E-state index is -3.25. The third-order valence-electron chi connectivity index (χ3n) is 5.54. The second-order valence-corrected chi connectivity index (χ2v) is 16.2. The van der Waals surface area contributed by atoms with Crippen molar-refractivity contribution in [1.29, 1.82) is 0 Å². The van der Waals surface area contributed by atoms with Crippen LogP contribution in [0.15, 0.2) is 115 Å². The Bertz CT molecular complexity index is 1070. The van der Waals surface area contributed by atoms with Crippen LogP contribution in [0.4, 0.5) is 5.69 Å². The van der Waals surface area contributed by atoms with Gasteiger partial charge in [-0.2, -0.15) is 0 Å². The predicted molar refractivity (Wildman–Crippen MR) is 131 cm³/mol. The zero-order chi connectivity index (χ0) is 21.1. The van der Waals surface area contributed by atoms with Crippen molar-refractivity contribution in [2.45, 2.75) is 6.16 Å². The van der Waals surface area contributed by atoms with Crippen molar-refractivity contribution in [3.05, 3.63) is 131 Å². The van der Waals surface area contributed by atoms with Crippen molar-refractivity contribution in [2.24, 2.45) is 0 Å². The van der Waals surface area contributed by atoms with Gasteiger partial charge in [-0.05, 0) is 0 Å². The molecule has 0 heterocycles. The standard InChI is InChI=1S/C25H21BrNO2P/c26-30(22-13-4-1-5-14-22,23-15-6-2-7-16-23,24-17-8-3-9-18-24)20-21-12-10-11-19-25(21)27(28)29/h1-19H,20H2. The van der Waals surface area contributed by atoms with Crippen molar-refractivity contribution in [3.63, 3.8) is 0 Å². The van der Waals surface area contributed by atoms with Crippen LogP contribution in [0.2, 0.25) is 0 Å². The molecular formula is C25H21BrNO2P. The summed E-state index contributed by atoms with van der Waals surface area (Å²) in [5.74, 6) is 0. The van der Waals surface area contributed by atoms with Crippen molar-refractivity contribution in [2.75, 3.05) is 0 Å². The zero-order valence-corrected chi connectivity index (χ0v) is 18.7. The van der Waals surface area contributed by atoms with Gasteiger partial charge in [-0.15, -0.1) is 0 Å². The van der Waals surface area contributed by atoms with E-state index in [-0.39, 0.29) is 10.6 Å². The van der Waals surface area contributed by atoms with Gasteiger partial charge < -0.3 is 0 Å². The van der Waals surface area contributed by atoms with E-state index in [1.54, 1.807) is 12.1 Å². The van der Waals surface area contributed by atoms with E-state index in [2.05, 4.69) is 51.9 Å². The Morgan fingerprint density at radius 1 is 0.633 bits per heavy atom. The molecule has 0 saturated carbocycles. The number of nitro benzene ring substituents is 1. The molecule has 0 aromatic heterocycles. The van der Waals surface area contributed by atoms with Crippen LogP contribution in [0, 0.1) is 10.1 Å². The summed E-state index contributed by atoms with van der Waals surface area (Å²) >= 11 is 4.35. The molecule has 0 unspecified atom stereocenters. The van der Waals surface area contributed by atoms with Crippen molar-refractivity contribution < 1.29 is 4.92 Å². The number of para-hydroxylation sites is 1. The normalized spacial score (nSPS) is 12.6. The Morgan fingerprint density at radius 3 is 1.40 bits per heavy atom. The number of halogens is 1. The summed E-state index contributed by atoms with van der Waals surface area (Å²) in [5, 5.41) is 12.0. The van der Waals surface area contributed by atoms with Gasteiger partial charge in [-0.3, -0.25) is 0 Å². The van der Waals surface area contributed by atoms with Crippen molar-refractivity contribution in [3.8, 4) is 0 Å². The van der Waals surface area contributed by atoms with E-state index >= 15 is 0 Å². The number of hydrogen-bond donors (Lipinski definition) is 0. The first-order valence-corrected chi connectivity index (χ1v) is 14.1. The van der Waals surface area contributed by atoms with Gasteiger partial charge in [0.2, 0.25) is 0 Å². The third kappa shape index (κ3) is 3.36. The van der Waals surface area contributed by atoms with Gasteiger partial charge >= 0.3 is 184 Å². The molecule has 4 aromatic carbocycles. The second-order valence-electron chi connectivity index (χ2n) is 7.23. The number of nitrogens with zero attached hydrogens (tertiary/aromatic N) is 1. The minimum absolute atomic E-state index is 0.147. The van der Waals surface area contributed by atoms with Crippen molar-refractivity contribution in [1.82, 2.24) is 0 Å². The average molecular weight is 478 g/mol. The van der Waals surface area contributed by atoms with Crippen LogP contribution in [0.3, 0.4) is 0 Å². The molecule has 0 N–H and O–H groups in total. The van der Waals surface area contributed by atoms with Crippen LogP contribution < -0.4 is 15.9 Å². The van der Waals surface area contributed by atoms with Crippen LogP contribution in [0.1, 0.15) is 5.56 Å². The Morgan fingerprint density at radius 2 is 1.00 bits per heavy atom. The quantitative estimate of drug-likeness (QED) is 0.196. The fraction of sp³-hybridized carbons (Fsp3) is 0.0400. The molecule has 3 nitrogen and oxygen atoms in total. The Hall–Kier alpha value is -2.81.